The molecule has 6 atom stereocenters. The van der Waals surface area contributed by atoms with Gasteiger partial charge in [-0.25, -0.2) is 8.88 Å². The van der Waals surface area contributed by atoms with Crippen molar-refractivity contribution in [3.63, 3.8) is 0 Å². The van der Waals surface area contributed by atoms with Gasteiger partial charge in [-0.1, -0.05) is 30.0 Å². The molecule has 2 aromatic rings. The minimum Gasteiger partial charge on any atom is -0.494 e. The van der Waals surface area contributed by atoms with Gasteiger partial charge in [-0.05, 0) is 18.2 Å². The van der Waals surface area contributed by atoms with Crippen LogP contribution in [0.1, 0.15) is 22.8 Å². The molecule has 16 heteroatoms. The second-order valence-corrected chi connectivity index (χ2v) is 11.0. The molecule has 7 N–H and O–H groups in total. The van der Waals surface area contributed by atoms with Gasteiger partial charge in [0.25, 0.3) is 5.56 Å². The standard InChI is InChI=1S/C20H21NO13P2/c22-15(23)10-35(28,29)34-36(30,31)32-9-14-16(24)17(25)18(33-14)13-8-12(19(26)21-20(13)27)7-6-11-4-2-1-3-5-11/h1-5,8,14,16-18,24-25H,9-10H2,(H,22,23)(H,28,29)(H,30,31)(H2,21,26,27)/t14-,16?,17+,18+/m1/s1. The Morgan fingerprint density at radius 2 is 1.78 bits per heavy atom. The number of benzene rings is 1. The van der Waals surface area contributed by atoms with E-state index in [0.717, 1.165) is 6.07 Å². The van der Waals surface area contributed by atoms with Crippen LogP contribution in [0.5, 0.6) is 5.88 Å². The van der Waals surface area contributed by atoms with E-state index in [1.165, 1.54) is 0 Å². The summed E-state index contributed by atoms with van der Waals surface area (Å²) in [6.07, 6.45) is -7.94. The second kappa shape index (κ2) is 11.1. The van der Waals surface area contributed by atoms with Crippen molar-refractivity contribution in [2.24, 2.45) is 0 Å². The molecule has 0 saturated carbocycles. The molecule has 0 spiro atoms. The normalized spacial score (nSPS) is 24.8. The van der Waals surface area contributed by atoms with Crippen LogP contribution in [0.4, 0.5) is 0 Å². The van der Waals surface area contributed by atoms with Gasteiger partial charge >= 0.3 is 21.4 Å². The SMILES string of the molecule is O=C(O)CP(=O)(O)OP(=O)(O)OC[C@H]1O[C@@H](c2cc(C#Cc3ccccc3)c(O)[nH]c2=O)[C@@H](O)C1O. The van der Waals surface area contributed by atoms with Crippen molar-refractivity contribution in [3.05, 3.63) is 63.4 Å². The van der Waals surface area contributed by atoms with Gasteiger partial charge in [0.1, 0.15) is 30.6 Å². The summed E-state index contributed by atoms with van der Waals surface area (Å²) in [6, 6.07) is 9.84. The van der Waals surface area contributed by atoms with Crippen molar-refractivity contribution in [2.45, 2.75) is 24.4 Å². The Hall–Kier alpha value is -2.82. The van der Waals surface area contributed by atoms with Crippen LogP contribution in [-0.2, 0) is 27.5 Å². The minimum absolute atomic E-state index is 0.0242. The molecule has 0 radical (unpaired) electrons. The highest BCUT2D eigenvalue weighted by Crippen LogP contribution is 2.59. The molecule has 1 aliphatic rings. The lowest BCUT2D eigenvalue weighted by molar-refractivity contribution is -0.134. The number of aromatic nitrogens is 1. The van der Waals surface area contributed by atoms with E-state index in [1.54, 1.807) is 30.3 Å². The number of hydrogen-bond acceptors (Lipinski definition) is 10. The van der Waals surface area contributed by atoms with Crippen LogP contribution in [0.2, 0.25) is 0 Å². The number of phosphoric acid groups is 1. The van der Waals surface area contributed by atoms with E-state index in [2.05, 4.69) is 25.7 Å². The first kappa shape index (κ1) is 27.8. The number of carbonyl (C=O) groups is 1. The molecule has 0 aliphatic carbocycles. The molecule has 36 heavy (non-hydrogen) atoms. The topological polar surface area (TPSA) is 233 Å². The summed E-state index contributed by atoms with van der Waals surface area (Å²) in [7, 11) is -10.3. The highest BCUT2D eigenvalue weighted by atomic mass is 31.3. The van der Waals surface area contributed by atoms with E-state index in [9.17, 15) is 43.8 Å². The van der Waals surface area contributed by atoms with Gasteiger partial charge in [0.15, 0.2) is 0 Å². The molecular weight excluding hydrogens is 524 g/mol. The molecule has 1 aromatic carbocycles. The summed E-state index contributed by atoms with van der Waals surface area (Å²) in [4.78, 5) is 44.0. The molecule has 0 bridgehead atoms. The zero-order valence-corrected chi connectivity index (χ0v) is 19.9. The third-order valence-electron chi connectivity index (χ3n) is 4.80. The fourth-order valence-electron chi connectivity index (χ4n) is 3.20. The van der Waals surface area contributed by atoms with Crippen molar-refractivity contribution in [1.29, 1.82) is 0 Å². The zero-order valence-electron chi connectivity index (χ0n) is 18.1. The van der Waals surface area contributed by atoms with Gasteiger partial charge in [-0.3, -0.25) is 23.7 Å². The number of aliphatic hydroxyl groups is 2. The lowest BCUT2D eigenvalue weighted by Crippen LogP contribution is -2.33. The summed E-state index contributed by atoms with van der Waals surface area (Å²) in [5.41, 5.74) is -0.518. The number of nitrogens with one attached hydrogen (secondary N) is 1. The fraction of sp³-hybridized carbons (Fsp3) is 0.300. The van der Waals surface area contributed by atoms with Crippen LogP contribution in [0.25, 0.3) is 0 Å². The Kier molecular flexibility index (Phi) is 8.53. The van der Waals surface area contributed by atoms with Crippen LogP contribution in [0.15, 0.2) is 41.2 Å². The third kappa shape index (κ3) is 7.11. The Labute approximate surface area is 202 Å². The zero-order chi connectivity index (χ0) is 26.7. The van der Waals surface area contributed by atoms with E-state index < -0.39 is 70.0 Å². The summed E-state index contributed by atoms with van der Waals surface area (Å²) in [6.45, 7) is -0.952. The van der Waals surface area contributed by atoms with Gasteiger partial charge in [-0.15, -0.1) is 0 Å². The van der Waals surface area contributed by atoms with E-state index in [0.29, 0.717) is 5.56 Å². The molecule has 2 heterocycles. The van der Waals surface area contributed by atoms with Crippen molar-refractivity contribution in [3.8, 4) is 17.7 Å². The second-order valence-electron chi connectivity index (χ2n) is 7.54. The fourth-order valence-corrected chi connectivity index (χ4v) is 5.59. The largest absolute Gasteiger partial charge is 0.494 e. The van der Waals surface area contributed by atoms with Gasteiger partial charge in [0.2, 0.25) is 5.88 Å². The first-order valence-corrected chi connectivity index (χ1v) is 13.3. The molecule has 14 nitrogen and oxygen atoms in total. The maximum absolute atomic E-state index is 12.4. The number of hydrogen-bond donors (Lipinski definition) is 7. The molecule has 3 rings (SSSR count). The molecule has 1 aromatic heterocycles. The lowest BCUT2D eigenvalue weighted by atomic mass is 10.0. The summed E-state index contributed by atoms with van der Waals surface area (Å²) in [5.74, 6) is 3.12. The molecular formula is C20H21NO13P2. The van der Waals surface area contributed by atoms with Crippen molar-refractivity contribution in [2.75, 3.05) is 12.8 Å². The van der Waals surface area contributed by atoms with Crippen LogP contribution in [0.3, 0.4) is 0 Å². The number of aliphatic carboxylic acids is 1. The Bertz CT molecular complexity index is 1330. The van der Waals surface area contributed by atoms with E-state index in [4.69, 9.17) is 9.84 Å². The van der Waals surface area contributed by atoms with Gasteiger partial charge in [0.05, 0.1) is 17.7 Å². The molecule has 3 unspecified atom stereocenters. The van der Waals surface area contributed by atoms with Gasteiger partial charge in [-0.2, -0.15) is 0 Å². The first-order chi connectivity index (χ1) is 16.8. The van der Waals surface area contributed by atoms with Crippen LogP contribution < -0.4 is 5.56 Å². The number of aliphatic hydroxyl groups excluding tert-OH is 2. The molecule has 1 fully saturated rings. The lowest BCUT2D eigenvalue weighted by Gasteiger charge is -2.18. The van der Waals surface area contributed by atoms with Crippen molar-refractivity contribution < 1.29 is 57.7 Å². The Balaban J connectivity index is 1.76. The third-order valence-corrected chi connectivity index (χ3v) is 7.79. The first-order valence-electron chi connectivity index (χ1n) is 10.0. The minimum atomic E-state index is -5.29. The summed E-state index contributed by atoms with van der Waals surface area (Å²) >= 11 is 0. The molecule has 1 saturated heterocycles. The highest BCUT2D eigenvalue weighted by molar-refractivity contribution is 7.64. The molecule has 1 aliphatic heterocycles. The van der Waals surface area contributed by atoms with E-state index in [-0.39, 0.29) is 11.1 Å². The monoisotopic (exact) mass is 545 g/mol. The Morgan fingerprint density at radius 3 is 2.42 bits per heavy atom. The molecule has 194 valence electrons. The number of rotatable bonds is 8. The number of H-pyrrole nitrogens is 1. The van der Waals surface area contributed by atoms with Crippen LogP contribution >= 0.6 is 15.4 Å². The van der Waals surface area contributed by atoms with Crippen molar-refractivity contribution >= 4 is 21.4 Å². The maximum Gasteiger partial charge on any atom is 0.479 e. The highest BCUT2D eigenvalue weighted by Gasteiger charge is 2.46. The number of carboxylic acid groups (broad SMARTS) is 1. The summed E-state index contributed by atoms with van der Waals surface area (Å²) in [5, 5.41) is 39.2. The predicted octanol–water partition coefficient (Wildman–Crippen LogP) is 0.0456. The van der Waals surface area contributed by atoms with Gasteiger partial charge in [0, 0.05) is 5.56 Å². The predicted molar refractivity (Wildman–Crippen MR) is 120 cm³/mol. The number of aromatic hydroxyl groups is 1. The van der Waals surface area contributed by atoms with E-state index >= 15 is 0 Å². The number of aromatic amines is 1. The van der Waals surface area contributed by atoms with Crippen LogP contribution in [-0.4, -0.2) is 72.2 Å². The smallest absolute Gasteiger partial charge is 0.479 e. The number of phosphoric ester groups is 1. The average molecular weight is 545 g/mol. The number of ether oxygens (including phenoxy) is 1. The maximum atomic E-state index is 12.4. The average Bonchev–Trinajstić information content (AvgIpc) is 3.05. The van der Waals surface area contributed by atoms with Crippen LogP contribution in [0, 0.1) is 11.8 Å². The van der Waals surface area contributed by atoms with Crippen molar-refractivity contribution in [1.82, 2.24) is 4.98 Å². The Morgan fingerprint density at radius 1 is 1.11 bits per heavy atom. The number of carboxylic acids is 1. The number of pyridine rings is 1. The molecule has 0 amide bonds. The summed E-state index contributed by atoms with van der Waals surface area (Å²) < 4.78 is 37.4. The quantitative estimate of drug-likeness (QED) is 0.172. The van der Waals surface area contributed by atoms with E-state index in [1.807, 2.05) is 0 Å². The van der Waals surface area contributed by atoms with Gasteiger partial charge < -0.3 is 34.9 Å².